The van der Waals surface area contributed by atoms with Crippen molar-refractivity contribution < 1.29 is 13.9 Å². The highest BCUT2D eigenvalue weighted by atomic mass is 35.5. The van der Waals surface area contributed by atoms with Gasteiger partial charge in [0.15, 0.2) is 0 Å². The first-order valence-electron chi connectivity index (χ1n) is 8.01. The number of rotatable bonds is 6. The third-order valence-corrected chi connectivity index (χ3v) is 4.05. The van der Waals surface area contributed by atoms with Crippen LogP contribution in [0.25, 0.3) is 0 Å². The summed E-state index contributed by atoms with van der Waals surface area (Å²) in [5, 5.41) is 6.31. The molecule has 4 nitrogen and oxygen atoms in total. The molecule has 1 aromatic carbocycles. The number of carbonyl (C=O) groups is 1. The maximum Gasteiger partial charge on any atom is 0.223 e. The molecule has 1 aliphatic heterocycles. The molecule has 130 valence electrons. The minimum absolute atomic E-state index is 0. The fourth-order valence-electron chi connectivity index (χ4n) is 2.73. The summed E-state index contributed by atoms with van der Waals surface area (Å²) < 4.78 is 18.9. The molecule has 23 heavy (non-hydrogen) atoms. The smallest absolute Gasteiger partial charge is 0.223 e. The molecule has 0 saturated carbocycles. The Balaban J connectivity index is 0.00000264. The van der Waals surface area contributed by atoms with Gasteiger partial charge in [-0.3, -0.25) is 4.79 Å². The number of ether oxygens (including phenoxy) is 1. The van der Waals surface area contributed by atoms with Crippen molar-refractivity contribution in [2.45, 2.75) is 45.3 Å². The molecule has 1 fully saturated rings. The average molecular weight is 345 g/mol. The lowest BCUT2D eigenvalue weighted by atomic mass is 9.92. The topological polar surface area (TPSA) is 50.4 Å². The zero-order valence-corrected chi connectivity index (χ0v) is 14.5. The molecule has 1 aliphatic rings. The van der Waals surface area contributed by atoms with E-state index in [4.69, 9.17) is 4.74 Å². The molecular weight excluding hydrogens is 319 g/mol. The molecule has 1 amide bonds. The zero-order valence-electron chi connectivity index (χ0n) is 13.7. The Morgan fingerprint density at radius 1 is 1.52 bits per heavy atom. The number of hydrogen-bond acceptors (Lipinski definition) is 3. The van der Waals surface area contributed by atoms with E-state index in [1.807, 2.05) is 6.92 Å². The SMILES string of the molecule is CCC(CNC(=O)[C@H]1CCN[C@@H](C)C1)Oc1cccc(F)c1.Cl. The van der Waals surface area contributed by atoms with Crippen molar-refractivity contribution in [3.05, 3.63) is 30.1 Å². The third kappa shape index (κ3) is 6.36. The van der Waals surface area contributed by atoms with E-state index in [-0.39, 0.29) is 36.2 Å². The largest absolute Gasteiger partial charge is 0.489 e. The number of benzene rings is 1. The van der Waals surface area contributed by atoms with Crippen LogP contribution < -0.4 is 15.4 Å². The van der Waals surface area contributed by atoms with Gasteiger partial charge in [-0.15, -0.1) is 12.4 Å². The van der Waals surface area contributed by atoms with Crippen molar-refractivity contribution >= 4 is 18.3 Å². The molecule has 3 atom stereocenters. The normalized spacial score (nSPS) is 21.9. The standard InChI is InChI=1S/C17H25FN2O2.ClH/c1-3-15(22-16-6-4-5-14(18)10-16)11-20-17(21)13-7-8-19-12(2)9-13;/h4-6,10,12-13,15,19H,3,7-9,11H2,1-2H3,(H,20,21);1H/t12-,13-,15?;/m0./s1. The van der Waals surface area contributed by atoms with Gasteiger partial charge in [0, 0.05) is 18.0 Å². The van der Waals surface area contributed by atoms with Crippen LogP contribution in [0.1, 0.15) is 33.1 Å². The molecule has 2 rings (SSSR count). The molecule has 1 saturated heterocycles. The molecule has 1 aromatic rings. The predicted molar refractivity (Wildman–Crippen MR) is 91.6 cm³/mol. The predicted octanol–water partition coefficient (Wildman–Crippen LogP) is 2.91. The molecule has 0 aromatic heterocycles. The summed E-state index contributed by atoms with van der Waals surface area (Å²) in [4.78, 5) is 12.2. The Kier molecular flexibility index (Phi) is 8.34. The van der Waals surface area contributed by atoms with Crippen molar-refractivity contribution in [3.63, 3.8) is 0 Å². The second-order valence-corrected chi connectivity index (χ2v) is 5.93. The monoisotopic (exact) mass is 344 g/mol. The number of piperidine rings is 1. The van der Waals surface area contributed by atoms with Gasteiger partial charge in [-0.1, -0.05) is 13.0 Å². The van der Waals surface area contributed by atoms with Crippen LogP contribution in [0.3, 0.4) is 0 Å². The van der Waals surface area contributed by atoms with Crippen LogP contribution in [0.2, 0.25) is 0 Å². The van der Waals surface area contributed by atoms with E-state index in [0.29, 0.717) is 18.3 Å². The van der Waals surface area contributed by atoms with Crippen LogP contribution in [0, 0.1) is 11.7 Å². The summed E-state index contributed by atoms with van der Waals surface area (Å²) in [6, 6.07) is 6.47. The summed E-state index contributed by atoms with van der Waals surface area (Å²) >= 11 is 0. The van der Waals surface area contributed by atoms with Crippen LogP contribution in [0.15, 0.2) is 24.3 Å². The van der Waals surface area contributed by atoms with Gasteiger partial charge >= 0.3 is 0 Å². The van der Waals surface area contributed by atoms with Crippen molar-refractivity contribution in [3.8, 4) is 5.75 Å². The zero-order chi connectivity index (χ0) is 15.9. The second kappa shape index (κ2) is 9.73. The first-order valence-corrected chi connectivity index (χ1v) is 8.01. The van der Waals surface area contributed by atoms with Gasteiger partial charge in [-0.05, 0) is 44.9 Å². The summed E-state index contributed by atoms with van der Waals surface area (Å²) in [6.07, 6.45) is 2.34. The fourth-order valence-corrected chi connectivity index (χ4v) is 2.73. The van der Waals surface area contributed by atoms with Gasteiger partial charge in [-0.2, -0.15) is 0 Å². The van der Waals surface area contributed by atoms with Crippen molar-refractivity contribution in [1.29, 1.82) is 0 Å². The molecule has 0 radical (unpaired) electrons. The minimum Gasteiger partial charge on any atom is -0.489 e. The van der Waals surface area contributed by atoms with Gasteiger partial charge < -0.3 is 15.4 Å². The summed E-state index contributed by atoms with van der Waals surface area (Å²) in [7, 11) is 0. The molecule has 1 heterocycles. The molecule has 2 N–H and O–H groups in total. The van der Waals surface area contributed by atoms with Crippen LogP contribution >= 0.6 is 12.4 Å². The van der Waals surface area contributed by atoms with E-state index in [2.05, 4.69) is 17.6 Å². The lowest BCUT2D eigenvalue weighted by Gasteiger charge is -2.27. The average Bonchev–Trinajstić information content (AvgIpc) is 2.51. The first-order chi connectivity index (χ1) is 10.6. The van der Waals surface area contributed by atoms with Gasteiger partial charge in [-0.25, -0.2) is 4.39 Å². The third-order valence-electron chi connectivity index (χ3n) is 4.05. The van der Waals surface area contributed by atoms with Crippen molar-refractivity contribution in [1.82, 2.24) is 10.6 Å². The number of hydrogen-bond donors (Lipinski definition) is 2. The van der Waals surface area contributed by atoms with Crippen LogP contribution in [-0.2, 0) is 4.79 Å². The molecule has 0 aliphatic carbocycles. The van der Waals surface area contributed by atoms with E-state index in [1.54, 1.807) is 12.1 Å². The van der Waals surface area contributed by atoms with E-state index >= 15 is 0 Å². The van der Waals surface area contributed by atoms with E-state index in [9.17, 15) is 9.18 Å². The quantitative estimate of drug-likeness (QED) is 0.834. The second-order valence-electron chi connectivity index (χ2n) is 5.93. The van der Waals surface area contributed by atoms with Crippen molar-refractivity contribution in [2.75, 3.05) is 13.1 Å². The highest BCUT2D eigenvalue weighted by molar-refractivity contribution is 5.85. The Hall–Kier alpha value is -1.33. The first kappa shape index (κ1) is 19.7. The number of carbonyl (C=O) groups excluding carboxylic acids is 1. The lowest BCUT2D eigenvalue weighted by Crippen LogP contribution is -2.44. The van der Waals surface area contributed by atoms with E-state index in [1.165, 1.54) is 12.1 Å². The summed E-state index contributed by atoms with van der Waals surface area (Å²) in [5.74, 6) is 0.342. The number of amides is 1. The Morgan fingerprint density at radius 3 is 2.96 bits per heavy atom. The van der Waals surface area contributed by atoms with Crippen LogP contribution in [0.5, 0.6) is 5.75 Å². The van der Waals surface area contributed by atoms with Crippen LogP contribution in [0.4, 0.5) is 4.39 Å². The highest BCUT2D eigenvalue weighted by Crippen LogP contribution is 2.17. The Labute approximate surface area is 143 Å². The van der Waals surface area contributed by atoms with Gasteiger partial charge in [0.25, 0.3) is 0 Å². The summed E-state index contributed by atoms with van der Waals surface area (Å²) in [5.41, 5.74) is 0. The van der Waals surface area contributed by atoms with Crippen LogP contribution in [-0.4, -0.2) is 31.1 Å². The molecule has 6 heteroatoms. The van der Waals surface area contributed by atoms with Gasteiger partial charge in [0.2, 0.25) is 5.91 Å². The maximum absolute atomic E-state index is 13.2. The highest BCUT2D eigenvalue weighted by Gasteiger charge is 2.25. The molecule has 1 unspecified atom stereocenters. The van der Waals surface area contributed by atoms with E-state index in [0.717, 1.165) is 25.8 Å². The Morgan fingerprint density at radius 2 is 2.30 bits per heavy atom. The van der Waals surface area contributed by atoms with Crippen molar-refractivity contribution in [2.24, 2.45) is 5.92 Å². The molecular formula is C17H26ClFN2O2. The Bertz CT molecular complexity index is 501. The molecule has 0 bridgehead atoms. The minimum atomic E-state index is -0.319. The van der Waals surface area contributed by atoms with Gasteiger partial charge in [0.1, 0.15) is 17.7 Å². The van der Waals surface area contributed by atoms with Gasteiger partial charge in [0.05, 0.1) is 6.54 Å². The fraction of sp³-hybridized carbons (Fsp3) is 0.588. The lowest BCUT2D eigenvalue weighted by molar-refractivity contribution is -0.126. The number of halogens is 2. The van der Waals surface area contributed by atoms with E-state index < -0.39 is 0 Å². The maximum atomic E-state index is 13.2. The summed E-state index contributed by atoms with van der Waals surface area (Å²) in [6.45, 7) is 5.42. The number of nitrogens with one attached hydrogen (secondary N) is 2. The molecule has 0 spiro atoms.